The van der Waals surface area contributed by atoms with Crippen molar-refractivity contribution in [2.45, 2.75) is 38.3 Å². The van der Waals surface area contributed by atoms with Crippen LogP contribution in [-0.4, -0.2) is 36.2 Å². The zero-order valence-corrected chi connectivity index (χ0v) is 15.9. The van der Waals surface area contributed by atoms with Gasteiger partial charge in [0.1, 0.15) is 25.9 Å². The molecule has 7 heteroatoms. The Morgan fingerprint density at radius 2 is 1.34 bits per heavy atom. The molecule has 1 saturated carbocycles. The van der Waals surface area contributed by atoms with Crippen LogP contribution in [0.1, 0.15) is 24.0 Å². The van der Waals surface area contributed by atoms with Gasteiger partial charge < -0.3 is 24.1 Å². The molecule has 0 amide bonds. The van der Waals surface area contributed by atoms with Crippen LogP contribution in [0.2, 0.25) is 0 Å². The van der Waals surface area contributed by atoms with Crippen LogP contribution in [0.25, 0.3) is 0 Å². The Labute approximate surface area is 169 Å². The third-order valence-corrected chi connectivity index (χ3v) is 4.76. The fourth-order valence-electron chi connectivity index (χ4n) is 3.17. The Hall–Kier alpha value is -3.06. The molecule has 3 rings (SSSR count). The summed E-state index contributed by atoms with van der Waals surface area (Å²) in [6.07, 6.45) is -2.06. The van der Waals surface area contributed by atoms with E-state index in [0.29, 0.717) is 12.8 Å². The van der Waals surface area contributed by atoms with Crippen LogP contribution in [0.3, 0.4) is 0 Å². The van der Waals surface area contributed by atoms with Gasteiger partial charge in [-0.15, -0.1) is 0 Å². The number of aliphatic hydroxyl groups is 1. The summed E-state index contributed by atoms with van der Waals surface area (Å²) in [5.41, 5.74) is 1.68. The predicted octanol–water partition coefficient (Wildman–Crippen LogP) is 3.83. The predicted molar refractivity (Wildman–Crippen MR) is 103 cm³/mol. The van der Waals surface area contributed by atoms with Crippen LogP contribution in [0.5, 0.6) is 0 Å². The molecule has 1 aliphatic carbocycles. The first-order valence-electron chi connectivity index (χ1n) is 9.50. The highest BCUT2D eigenvalue weighted by Crippen LogP contribution is 2.29. The quantitative estimate of drug-likeness (QED) is 0.706. The highest BCUT2D eigenvalue weighted by atomic mass is 16.7. The Morgan fingerprint density at radius 3 is 1.93 bits per heavy atom. The standard InChI is InChI=1S/C22H24O7/c23-19-11-12-20(29-22(25)27-14-17-9-5-2-6-10-17)18(19)15-28-21(24)26-13-16-7-3-1-4-8-16/h1-10,18-20,23H,11-15H2/t18-,19+,20-/m0/s1. The molecule has 2 aromatic rings. The third-order valence-electron chi connectivity index (χ3n) is 4.76. The summed E-state index contributed by atoms with van der Waals surface area (Å²) in [6.45, 7) is 0.0893. The minimum absolute atomic E-state index is 0.0959. The van der Waals surface area contributed by atoms with E-state index in [1.807, 2.05) is 60.7 Å². The van der Waals surface area contributed by atoms with Gasteiger partial charge in [0.2, 0.25) is 0 Å². The third kappa shape index (κ3) is 6.50. The SMILES string of the molecule is O=C(OCc1ccccc1)OC[C@H]1[C@H](O)CC[C@@H]1OC(=O)OCc1ccccc1. The maximum Gasteiger partial charge on any atom is 0.508 e. The number of carbonyl (C=O) groups is 2. The smallest absolute Gasteiger partial charge is 0.434 e. The second kappa shape index (κ2) is 10.5. The zero-order chi connectivity index (χ0) is 20.5. The molecule has 0 aliphatic heterocycles. The topological polar surface area (TPSA) is 91.3 Å². The largest absolute Gasteiger partial charge is 0.508 e. The Morgan fingerprint density at radius 1 is 0.793 bits per heavy atom. The molecule has 2 aromatic carbocycles. The lowest BCUT2D eigenvalue weighted by Gasteiger charge is -2.21. The van der Waals surface area contributed by atoms with Crippen LogP contribution in [0, 0.1) is 5.92 Å². The molecule has 0 heterocycles. The zero-order valence-electron chi connectivity index (χ0n) is 15.9. The maximum absolute atomic E-state index is 12.0. The minimum Gasteiger partial charge on any atom is -0.434 e. The van der Waals surface area contributed by atoms with Crippen LogP contribution < -0.4 is 0 Å². The molecule has 0 unspecified atom stereocenters. The second-order valence-corrected chi connectivity index (χ2v) is 6.82. The van der Waals surface area contributed by atoms with Crippen molar-refractivity contribution < 1.29 is 33.6 Å². The molecule has 0 spiro atoms. The lowest BCUT2D eigenvalue weighted by atomic mass is 10.1. The number of rotatable bonds is 7. The van der Waals surface area contributed by atoms with Gasteiger partial charge in [0.25, 0.3) is 0 Å². The summed E-state index contributed by atoms with van der Waals surface area (Å²) in [5, 5.41) is 10.1. The monoisotopic (exact) mass is 400 g/mol. The van der Waals surface area contributed by atoms with Gasteiger partial charge >= 0.3 is 12.3 Å². The summed E-state index contributed by atoms with van der Waals surface area (Å²) < 4.78 is 20.6. The fraction of sp³-hybridized carbons (Fsp3) is 0.364. The van der Waals surface area contributed by atoms with Crippen molar-refractivity contribution in [1.29, 1.82) is 0 Å². The van der Waals surface area contributed by atoms with Gasteiger partial charge in [-0.25, -0.2) is 9.59 Å². The van der Waals surface area contributed by atoms with Crippen molar-refractivity contribution >= 4 is 12.3 Å². The normalized spacial score (nSPS) is 20.7. The average Bonchev–Trinajstić information content (AvgIpc) is 3.09. The number of carbonyl (C=O) groups excluding carboxylic acids is 2. The second-order valence-electron chi connectivity index (χ2n) is 6.82. The number of hydrogen-bond acceptors (Lipinski definition) is 7. The first kappa shape index (κ1) is 20.7. The van der Waals surface area contributed by atoms with Gasteiger partial charge in [-0.1, -0.05) is 60.7 Å². The molecule has 1 fully saturated rings. The van der Waals surface area contributed by atoms with E-state index in [4.69, 9.17) is 18.9 Å². The van der Waals surface area contributed by atoms with Crippen molar-refractivity contribution in [1.82, 2.24) is 0 Å². The van der Waals surface area contributed by atoms with E-state index in [9.17, 15) is 14.7 Å². The van der Waals surface area contributed by atoms with Crippen molar-refractivity contribution in [3.8, 4) is 0 Å². The molecule has 0 bridgehead atoms. The van der Waals surface area contributed by atoms with Crippen molar-refractivity contribution in [3.05, 3.63) is 71.8 Å². The van der Waals surface area contributed by atoms with Crippen molar-refractivity contribution in [2.75, 3.05) is 6.61 Å². The summed E-state index contributed by atoms with van der Waals surface area (Å²) in [4.78, 5) is 23.8. The van der Waals surface area contributed by atoms with Crippen LogP contribution in [-0.2, 0) is 32.2 Å². The van der Waals surface area contributed by atoms with E-state index in [1.165, 1.54) is 0 Å². The van der Waals surface area contributed by atoms with Gasteiger partial charge in [0.15, 0.2) is 0 Å². The molecular weight excluding hydrogens is 376 g/mol. The number of aliphatic hydroxyl groups excluding tert-OH is 1. The lowest BCUT2D eigenvalue weighted by Crippen LogP contribution is -2.32. The lowest BCUT2D eigenvalue weighted by molar-refractivity contribution is -0.0322. The van der Waals surface area contributed by atoms with Gasteiger partial charge in [0.05, 0.1) is 12.0 Å². The number of ether oxygens (including phenoxy) is 4. The average molecular weight is 400 g/mol. The van der Waals surface area contributed by atoms with Crippen LogP contribution in [0.15, 0.2) is 60.7 Å². The van der Waals surface area contributed by atoms with E-state index in [-0.39, 0.29) is 19.8 Å². The van der Waals surface area contributed by atoms with E-state index < -0.39 is 30.4 Å². The first-order valence-corrected chi connectivity index (χ1v) is 9.50. The van der Waals surface area contributed by atoms with E-state index in [2.05, 4.69) is 0 Å². The summed E-state index contributed by atoms with van der Waals surface area (Å²) in [7, 11) is 0. The molecular formula is C22H24O7. The summed E-state index contributed by atoms with van der Waals surface area (Å²) in [6, 6.07) is 18.5. The van der Waals surface area contributed by atoms with Crippen LogP contribution >= 0.6 is 0 Å². The highest BCUT2D eigenvalue weighted by molar-refractivity contribution is 5.60. The fourth-order valence-corrected chi connectivity index (χ4v) is 3.17. The molecule has 1 N–H and O–H groups in total. The molecule has 1 aliphatic rings. The van der Waals surface area contributed by atoms with E-state index in [0.717, 1.165) is 11.1 Å². The molecule has 7 nitrogen and oxygen atoms in total. The van der Waals surface area contributed by atoms with Gasteiger partial charge in [-0.05, 0) is 24.0 Å². The number of hydrogen-bond donors (Lipinski definition) is 1. The van der Waals surface area contributed by atoms with E-state index >= 15 is 0 Å². The van der Waals surface area contributed by atoms with Crippen molar-refractivity contribution in [2.24, 2.45) is 5.92 Å². The Balaban J connectivity index is 1.41. The van der Waals surface area contributed by atoms with Crippen molar-refractivity contribution in [3.63, 3.8) is 0 Å². The molecule has 0 aromatic heterocycles. The Kier molecular flexibility index (Phi) is 7.47. The first-order chi connectivity index (χ1) is 14.1. The van der Waals surface area contributed by atoms with Gasteiger partial charge in [-0.2, -0.15) is 0 Å². The van der Waals surface area contributed by atoms with Gasteiger partial charge in [-0.3, -0.25) is 0 Å². The van der Waals surface area contributed by atoms with Crippen LogP contribution in [0.4, 0.5) is 9.59 Å². The minimum atomic E-state index is -0.835. The number of benzene rings is 2. The molecule has 29 heavy (non-hydrogen) atoms. The summed E-state index contributed by atoms with van der Waals surface area (Å²) in [5.74, 6) is -0.524. The van der Waals surface area contributed by atoms with Gasteiger partial charge in [0, 0.05) is 0 Å². The summed E-state index contributed by atoms with van der Waals surface area (Å²) >= 11 is 0. The maximum atomic E-state index is 12.0. The molecule has 0 saturated heterocycles. The molecule has 3 atom stereocenters. The molecule has 0 radical (unpaired) electrons. The van der Waals surface area contributed by atoms with E-state index in [1.54, 1.807) is 0 Å². The molecule has 154 valence electrons. The highest BCUT2D eigenvalue weighted by Gasteiger charge is 2.39. The Bertz CT molecular complexity index is 778.